The first-order valence-electron chi connectivity index (χ1n) is 6.87. The van der Waals surface area contributed by atoms with Gasteiger partial charge in [-0.2, -0.15) is 0 Å². The van der Waals surface area contributed by atoms with Crippen molar-refractivity contribution < 1.29 is 9.18 Å². The molecule has 0 saturated heterocycles. The molecular weight excluding hydrogens is 301 g/mol. The number of thiazole rings is 1. The van der Waals surface area contributed by atoms with Crippen LogP contribution in [-0.2, 0) is 6.42 Å². The number of aromatic nitrogens is 2. The van der Waals surface area contributed by atoms with Crippen molar-refractivity contribution in [2.75, 3.05) is 5.32 Å². The zero-order valence-corrected chi connectivity index (χ0v) is 12.7. The van der Waals surface area contributed by atoms with Crippen molar-refractivity contribution in [2.45, 2.75) is 13.3 Å². The highest BCUT2D eigenvalue weighted by Crippen LogP contribution is 2.24. The van der Waals surface area contributed by atoms with Crippen molar-refractivity contribution in [3.63, 3.8) is 0 Å². The SMILES string of the molecule is CCc1nc(-n2cccc2)sc1C(=O)Nc1ccc(F)cc1. The zero-order chi connectivity index (χ0) is 15.5. The molecule has 2 heterocycles. The van der Waals surface area contributed by atoms with Crippen LogP contribution in [0.1, 0.15) is 22.3 Å². The predicted molar refractivity (Wildman–Crippen MR) is 85.2 cm³/mol. The molecule has 6 heteroatoms. The molecule has 0 radical (unpaired) electrons. The number of nitrogens with one attached hydrogen (secondary N) is 1. The average Bonchev–Trinajstić information content (AvgIpc) is 3.18. The molecule has 0 aliphatic carbocycles. The van der Waals surface area contributed by atoms with Gasteiger partial charge in [-0.25, -0.2) is 9.37 Å². The topological polar surface area (TPSA) is 46.9 Å². The van der Waals surface area contributed by atoms with Crippen molar-refractivity contribution in [3.05, 3.63) is 65.2 Å². The third-order valence-corrected chi connectivity index (χ3v) is 4.26. The standard InChI is InChI=1S/C16H14FN3OS/c1-2-13-14(22-16(19-13)20-9-3-4-10-20)15(21)18-12-7-5-11(17)6-8-12/h3-10H,2H2,1H3,(H,18,21). The molecular formula is C16H14FN3OS. The normalized spacial score (nSPS) is 10.6. The first kappa shape index (κ1) is 14.5. The van der Waals surface area contributed by atoms with Crippen molar-refractivity contribution in [1.82, 2.24) is 9.55 Å². The van der Waals surface area contributed by atoms with Crippen LogP contribution in [0.2, 0.25) is 0 Å². The maximum Gasteiger partial charge on any atom is 0.267 e. The Morgan fingerprint density at radius 2 is 1.95 bits per heavy atom. The summed E-state index contributed by atoms with van der Waals surface area (Å²) in [6.45, 7) is 1.96. The summed E-state index contributed by atoms with van der Waals surface area (Å²) in [5.74, 6) is -0.556. The number of hydrogen-bond acceptors (Lipinski definition) is 3. The van der Waals surface area contributed by atoms with Gasteiger partial charge in [0.15, 0.2) is 5.13 Å². The molecule has 4 nitrogen and oxygen atoms in total. The van der Waals surface area contributed by atoms with E-state index in [0.717, 1.165) is 10.8 Å². The van der Waals surface area contributed by atoms with E-state index in [2.05, 4.69) is 10.3 Å². The Morgan fingerprint density at radius 3 is 2.59 bits per heavy atom. The van der Waals surface area contributed by atoms with E-state index in [9.17, 15) is 9.18 Å². The number of halogens is 1. The lowest BCUT2D eigenvalue weighted by atomic mass is 10.2. The fourth-order valence-corrected chi connectivity index (χ4v) is 3.07. The van der Waals surface area contributed by atoms with Gasteiger partial charge in [0, 0.05) is 18.1 Å². The number of carbonyl (C=O) groups is 1. The van der Waals surface area contributed by atoms with Crippen LogP contribution in [0.5, 0.6) is 0 Å². The molecule has 3 rings (SSSR count). The third kappa shape index (κ3) is 2.92. The van der Waals surface area contributed by atoms with Gasteiger partial charge in [0.05, 0.1) is 5.69 Å². The van der Waals surface area contributed by atoms with Crippen molar-refractivity contribution >= 4 is 22.9 Å². The van der Waals surface area contributed by atoms with Crippen LogP contribution in [0.3, 0.4) is 0 Å². The molecule has 1 amide bonds. The lowest BCUT2D eigenvalue weighted by Gasteiger charge is -2.04. The quantitative estimate of drug-likeness (QED) is 0.794. The number of aryl methyl sites for hydroxylation is 1. The number of hydrogen-bond donors (Lipinski definition) is 1. The largest absolute Gasteiger partial charge is 0.321 e. The van der Waals surface area contributed by atoms with E-state index in [1.165, 1.54) is 35.6 Å². The van der Waals surface area contributed by atoms with Crippen molar-refractivity contribution in [2.24, 2.45) is 0 Å². The fraction of sp³-hybridized carbons (Fsp3) is 0.125. The highest BCUT2D eigenvalue weighted by Gasteiger charge is 2.17. The van der Waals surface area contributed by atoms with Crippen LogP contribution >= 0.6 is 11.3 Å². The second kappa shape index (κ2) is 6.11. The maximum absolute atomic E-state index is 12.9. The van der Waals surface area contributed by atoms with Gasteiger partial charge in [0.2, 0.25) is 0 Å². The minimum absolute atomic E-state index is 0.223. The van der Waals surface area contributed by atoms with Gasteiger partial charge in [0.1, 0.15) is 10.7 Å². The van der Waals surface area contributed by atoms with E-state index in [-0.39, 0.29) is 11.7 Å². The highest BCUT2D eigenvalue weighted by atomic mass is 32.1. The van der Waals surface area contributed by atoms with Gasteiger partial charge in [-0.05, 0) is 42.8 Å². The molecule has 0 unspecified atom stereocenters. The molecule has 2 aromatic heterocycles. The second-order valence-corrected chi connectivity index (χ2v) is 5.65. The van der Waals surface area contributed by atoms with Gasteiger partial charge in [-0.3, -0.25) is 4.79 Å². The molecule has 0 aliphatic rings. The first-order valence-corrected chi connectivity index (χ1v) is 7.69. The molecule has 0 saturated carbocycles. The summed E-state index contributed by atoms with van der Waals surface area (Å²) in [6.07, 6.45) is 4.45. The Kier molecular flexibility index (Phi) is 4.02. The zero-order valence-electron chi connectivity index (χ0n) is 11.9. The molecule has 1 aromatic carbocycles. The Bertz CT molecular complexity index is 778. The second-order valence-electron chi connectivity index (χ2n) is 4.68. The monoisotopic (exact) mass is 315 g/mol. The lowest BCUT2D eigenvalue weighted by Crippen LogP contribution is -2.12. The molecule has 22 heavy (non-hydrogen) atoms. The maximum atomic E-state index is 12.9. The summed E-state index contributed by atoms with van der Waals surface area (Å²) in [5.41, 5.74) is 1.32. The molecule has 3 aromatic rings. The fourth-order valence-electron chi connectivity index (χ4n) is 2.05. The van der Waals surface area contributed by atoms with Crippen LogP contribution in [0.4, 0.5) is 10.1 Å². The number of nitrogens with zero attached hydrogens (tertiary/aromatic N) is 2. The van der Waals surface area contributed by atoms with E-state index in [0.29, 0.717) is 17.0 Å². The molecule has 0 bridgehead atoms. The van der Waals surface area contributed by atoms with Crippen LogP contribution in [0, 0.1) is 5.82 Å². The summed E-state index contributed by atoms with van der Waals surface area (Å²) >= 11 is 1.34. The van der Waals surface area contributed by atoms with E-state index >= 15 is 0 Å². The molecule has 0 spiro atoms. The van der Waals surface area contributed by atoms with Gasteiger partial charge in [0.25, 0.3) is 5.91 Å². The number of carbonyl (C=O) groups excluding carboxylic acids is 1. The van der Waals surface area contributed by atoms with Crippen LogP contribution < -0.4 is 5.32 Å². The Balaban J connectivity index is 1.87. The minimum atomic E-state index is -0.333. The average molecular weight is 315 g/mol. The van der Waals surface area contributed by atoms with Crippen LogP contribution in [0.15, 0.2) is 48.8 Å². The molecule has 0 aliphatic heterocycles. The van der Waals surface area contributed by atoms with E-state index < -0.39 is 0 Å². The summed E-state index contributed by atoms with van der Waals surface area (Å²) in [6, 6.07) is 9.51. The first-order chi connectivity index (χ1) is 10.7. The Labute approximate surface area is 131 Å². The molecule has 112 valence electrons. The number of amides is 1. The van der Waals surface area contributed by atoms with E-state index in [4.69, 9.17) is 0 Å². The van der Waals surface area contributed by atoms with Gasteiger partial charge in [-0.15, -0.1) is 0 Å². The number of rotatable bonds is 4. The minimum Gasteiger partial charge on any atom is -0.321 e. The predicted octanol–water partition coefficient (Wildman–Crippen LogP) is 3.89. The number of anilines is 1. The van der Waals surface area contributed by atoms with Crippen molar-refractivity contribution in [3.8, 4) is 5.13 Å². The number of benzene rings is 1. The van der Waals surface area contributed by atoms with E-state index in [1.54, 1.807) is 0 Å². The van der Waals surface area contributed by atoms with Crippen molar-refractivity contribution in [1.29, 1.82) is 0 Å². The third-order valence-electron chi connectivity index (χ3n) is 3.15. The summed E-state index contributed by atoms with van der Waals surface area (Å²) < 4.78 is 14.8. The molecule has 1 N–H and O–H groups in total. The van der Waals surface area contributed by atoms with Gasteiger partial charge in [-0.1, -0.05) is 18.3 Å². The van der Waals surface area contributed by atoms with Gasteiger partial charge < -0.3 is 9.88 Å². The van der Waals surface area contributed by atoms with E-state index in [1.807, 2.05) is 36.0 Å². The molecule has 0 fully saturated rings. The Morgan fingerprint density at radius 1 is 1.27 bits per heavy atom. The summed E-state index contributed by atoms with van der Waals surface area (Å²) in [7, 11) is 0. The van der Waals surface area contributed by atoms with Crippen LogP contribution in [-0.4, -0.2) is 15.5 Å². The highest BCUT2D eigenvalue weighted by molar-refractivity contribution is 7.16. The Hall–Kier alpha value is -2.47. The molecule has 0 atom stereocenters. The smallest absolute Gasteiger partial charge is 0.267 e. The summed E-state index contributed by atoms with van der Waals surface area (Å²) in [5, 5.41) is 3.53. The summed E-state index contributed by atoms with van der Waals surface area (Å²) in [4.78, 5) is 17.5. The lowest BCUT2D eigenvalue weighted by molar-refractivity contribution is 0.102. The van der Waals surface area contributed by atoms with Gasteiger partial charge >= 0.3 is 0 Å². The van der Waals surface area contributed by atoms with Crippen LogP contribution in [0.25, 0.3) is 5.13 Å².